The quantitative estimate of drug-likeness (QED) is 0.791. The van der Waals surface area contributed by atoms with Crippen LogP contribution in [0.15, 0.2) is 54.7 Å². The molecule has 6 heteroatoms. The smallest absolute Gasteiger partial charge is 0.249 e. The van der Waals surface area contributed by atoms with E-state index in [1.165, 1.54) is 12.3 Å². The number of carbonyl (C=O) groups is 1. The molecule has 1 fully saturated rings. The molecule has 1 aromatic heterocycles. The molecule has 4 rings (SSSR count). The minimum absolute atomic E-state index is 0.0620. The Kier molecular flexibility index (Phi) is 3.80. The van der Waals surface area contributed by atoms with E-state index < -0.39 is 17.7 Å². The summed E-state index contributed by atoms with van der Waals surface area (Å²) < 4.78 is 27.5. The third-order valence-corrected chi connectivity index (χ3v) is 4.37. The Morgan fingerprint density at radius 2 is 1.92 bits per heavy atom. The van der Waals surface area contributed by atoms with Crippen LogP contribution in [-0.4, -0.2) is 23.5 Å². The molecular formula is C19H15F2N3O. The standard InChI is InChI=1S/C19H15F2N3O/c20-12-10-14-16(6-8-22-18(14)15(21)11-12)23-17-7-9-24(19(17)25)13-4-2-1-3-5-13/h1-6,8,10-11,17H,7,9H2,(H,22,23). The molecule has 4 nitrogen and oxygen atoms in total. The van der Waals surface area contributed by atoms with E-state index in [4.69, 9.17) is 0 Å². The molecule has 3 aromatic rings. The van der Waals surface area contributed by atoms with E-state index in [-0.39, 0.29) is 11.4 Å². The molecule has 1 N–H and O–H groups in total. The molecule has 0 aliphatic carbocycles. The first-order chi connectivity index (χ1) is 12.1. The van der Waals surface area contributed by atoms with Gasteiger partial charge in [-0.1, -0.05) is 18.2 Å². The lowest BCUT2D eigenvalue weighted by atomic mass is 10.1. The van der Waals surface area contributed by atoms with Crippen molar-refractivity contribution < 1.29 is 13.6 Å². The summed E-state index contributed by atoms with van der Waals surface area (Å²) in [4.78, 5) is 18.4. The maximum Gasteiger partial charge on any atom is 0.249 e. The molecule has 1 unspecified atom stereocenters. The molecule has 0 saturated carbocycles. The molecule has 1 amide bonds. The van der Waals surface area contributed by atoms with Gasteiger partial charge in [0.1, 0.15) is 17.4 Å². The Bertz CT molecular complexity index is 946. The number of nitrogens with one attached hydrogen (secondary N) is 1. The predicted octanol–water partition coefficient (Wildman–Crippen LogP) is 3.73. The summed E-state index contributed by atoms with van der Waals surface area (Å²) in [5.41, 5.74) is 1.42. The Labute approximate surface area is 143 Å². The number of hydrogen-bond donors (Lipinski definition) is 1. The van der Waals surface area contributed by atoms with E-state index in [2.05, 4.69) is 10.3 Å². The first-order valence-corrected chi connectivity index (χ1v) is 8.00. The molecule has 0 spiro atoms. The van der Waals surface area contributed by atoms with Gasteiger partial charge in [-0.05, 0) is 30.7 Å². The summed E-state index contributed by atoms with van der Waals surface area (Å²) in [6, 6.07) is 12.6. The predicted molar refractivity (Wildman–Crippen MR) is 92.5 cm³/mol. The summed E-state index contributed by atoms with van der Waals surface area (Å²) in [6.45, 7) is 0.590. The van der Waals surface area contributed by atoms with Crippen molar-refractivity contribution in [3.05, 3.63) is 66.4 Å². The molecule has 2 aromatic carbocycles. The molecule has 0 radical (unpaired) electrons. The number of aromatic nitrogens is 1. The minimum atomic E-state index is -0.720. The summed E-state index contributed by atoms with van der Waals surface area (Å²) in [6.07, 6.45) is 2.05. The van der Waals surface area contributed by atoms with E-state index in [1.54, 1.807) is 11.0 Å². The summed E-state index contributed by atoms with van der Waals surface area (Å²) >= 11 is 0. The van der Waals surface area contributed by atoms with Gasteiger partial charge in [0.2, 0.25) is 5.91 Å². The van der Waals surface area contributed by atoms with Gasteiger partial charge < -0.3 is 10.2 Å². The van der Waals surface area contributed by atoms with Crippen molar-refractivity contribution in [3.8, 4) is 0 Å². The van der Waals surface area contributed by atoms with Crippen molar-refractivity contribution in [2.45, 2.75) is 12.5 Å². The Balaban J connectivity index is 1.63. The second kappa shape index (κ2) is 6.12. The zero-order valence-corrected chi connectivity index (χ0v) is 13.2. The number of hydrogen-bond acceptors (Lipinski definition) is 3. The zero-order valence-electron chi connectivity index (χ0n) is 13.2. The summed E-state index contributed by atoms with van der Waals surface area (Å²) in [5.74, 6) is -1.46. The van der Waals surface area contributed by atoms with Crippen LogP contribution in [0.3, 0.4) is 0 Å². The Morgan fingerprint density at radius 1 is 1.12 bits per heavy atom. The number of nitrogens with zero attached hydrogens (tertiary/aromatic N) is 2. The molecular weight excluding hydrogens is 324 g/mol. The number of amides is 1. The van der Waals surface area contributed by atoms with Crippen LogP contribution < -0.4 is 10.2 Å². The van der Waals surface area contributed by atoms with E-state index >= 15 is 0 Å². The summed E-state index contributed by atoms with van der Waals surface area (Å²) in [7, 11) is 0. The number of carbonyl (C=O) groups excluding carboxylic acids is 1. The molecule has 1 saturated heterocycles. The van der Waals surface area contributed by atoms with Crippen molar-refractivity contribution in [1.29, 1.82) is 0 Å². The van der Waals surface area contributed by atoms with Crippen LogP contribution in [0.5, 0.6) is 0 Å². The number of anilines is 2. The second-order valence-corrected chi connectivity index (χ2v) is 5.95. The normalized spacial score (nSPS) is 17.3. The van der Waals surface area contributed by atoms with Gasteiger partial charge in [-0.2, -0.15) is 0 Å². The third kappa shape index (κ3) is 2.80. The van der Waals surface area contributed by atoms with Crippen LogP contribution >= 0.6 is 0 Å². The minimum Gasteiger partial charge on any atom is -0.373 e. The highest BCUT2D eigenvalue weighted by atomic mass is 19.1. The fourth-order valence-electron chi connectivity index (χ4n) is 3.17. The highest BCUT2D eigenvalue weighted by Crippen LogP contribution is 2.28. The van der Waals surface area contributed by atoms with Gasteiger partial charge in [0.25, 0.3) is 0 Å². The fraction of sp³-hybridized carbons (Fsp3) is 0.158. The van der Waals surface area contributed by atoms with Gasteiger partial charge in [-0.25, -0.2) is 8.78 Å². The van der Waals surface area contributed by atoms with Gasteiger partial charge in [0.05, 0.1) is 0 Å². The Morgan fingerprint density at radius 3 is 2.72 bits per heavy atom. The van der Waals surface area contributed by atoms with E-state index in [9.17, 15) is 13.6 Å². The number of pyridine rings is 1. The van der Waals surface area contributed by atoms with E-state index in [0.29, 0.717) is 24.0 Å². The van der Waals surface area contributed by atoms with Crippen LogP contribution in [0, 0.1) is 11.6 Å². The van der Waals surface area contributed by atoms with Crippen molar-refractivity contribution in [2.24, 2.45) is 0 Å². The van der Waals surface area contributed by atoms with Gasteiger partial charge in [0.15, 0.2) is 5.82 Å². The molecule has 0 bridgehead atoms. The molecule has 25 heavy (non-hydrogen) atoms. The lowest BCUT2D eigenvalue weighted by Crippen LogP contribution is -2.33. The second-order valence-electron chi connectivity index (χ2n) is 5.95. The molecule has 126 valence electrons. The van der Waals surface area contributed by atoms with Crippen molar-refractivity contribution in [2.75, 3.05) is 16.8 Å². The van der Waals surface area contributed by atoms with E-state index in [1.807, 2.05) is 30.3 Å². The van der Waals surface area contributed by atoms with Crippen LogP contribution in [-0.2, 0) is 4.79 Å². The van der Waals surface area contributed by atoms with Gasteiger partial charge in [-0.3, -0.25) is 9.78 Å². The fourth-order valence-corrected chi connectivity index (χ4v) is 3.17. The highest BCUT2D eigenvalue weighted by molar-refractivity contribution is 6.02. The highest BCUT2D eigenvalue weighted by Gasteiger charge is 2.32. The largest absolute Gasteiger partial charge is 0.373 e. The zero-order chi connectivity index (χ0) is 17.4. The maximum absolute atomic E-state index is 13.9. The lowest BCUT2D eigenvalue weighted by Gasteiger charge is -2.18. The van der Waals surface area contributed by atoms with Gasteiger partial charge >= 0.3 is 0 Å². The van der Waals surface area contributed by atoms with E-state index in [0.717, 1.165) is 11.8 Å². The molecule has 2 heterocycles. The topological polar surface area (TPSA) is 45.2 Å². The third-order valence-electron chi connectivity index (χ3n) is 4.37. The van der Waals surface area contributed by atoms with Crippen LogP contribution in [0.4, 0.5) is 20.2 Å². The number of rotatable bonds is 3. The van der Waals surface area contributed by atoms with Crippen LogP contribution in [0.25, 0.3) is 10.9 Å². The maximum atomic E-state index is 13.9. The monoisotopic (exact) mass is 339 g/mol. The number of halogens is 2. The molecule has 1 aliphatic heterocycles. The number of benzene rings is 2. The van der Waals surface area contributed by atoms with Crippen molar-refractivity contribution in [1.82, 2.24) is 4.98 Å². The summed E-state index contributed by atoms with van der Waals surface area (Å²) in [5, 5.41) is 3.45. The lowest BCUT2D eigenvalue weighted by molar-refractivity contribution is -0.117. The number of fused-ring (bicyclic) bond motifs is 1. The van der Waals surface area contributed by atoms with Gasteiger partial charge in [-0.15, -0.1) is 0 Å². The van der Waals surface area contributed by atoms with Crippen LogP contribution in [0.2, 0.25) is 0 Å². The number of para-hydroxylation sites is 1. The van der Waals surface area contributed by atoms with Crippen molar-refractivity contribution in [3.63, 3.8) is 0 Å². The molecule has 1 atom stereocenters. The van der Waals surface area contributed by atoms with Crippen LogP contribution in [0.1, 0.15) is 6.42 Å². The Hall–Kier alpha value is -3.02. The van der Waals surface area contributed by atoms with Gasteiger partial charge in [0, 0.05) is 35.6 Å². The first-order valence-electron chi connectivity index (χ1n) is 8.00. The molecule has 1 aliphatic rings. The average molecular weight is 339 g/mol. The average Bonchev–Trinajstić information content (AvgIpc) is 2.97. The SMILES string of the molecule is O=C1C(Nc2ccnc3c(F)cc(F)cc23)CCN1c1ccccc1. The van der Waals surface area contributed by atoms with Crippen molar-refractivity contribution >= 4 is 28.2 Å². The first kappa shape index (κ1) is 15.5.